The molecule has 0 saturated carbocycles. The number of urea groups is 1. The molecule has 0 aliphatic carbocycles. The van der Waals surface area contributed by atoms with Gasteiger partial charge in [0.15, 0.2) is 0 Å². The van der Waals surface area contributed by atoms with Crippen molar-refractivity contribution in [2.45, 2.75) is 18.8 Å². The van der Waals surface area contributed by atoms with Crippen LogP contribution < -0.4 is 20.3 Å². The number of ether oxygens (including phenoxy) is 1. The van der Waals surface area contributed by atoms with E-state index in [0.717, 1.165) is 12.1 Å². The van der Waals surface area contributed by atoms with Crippen molar-refractivity contribution in [1.29, 1.82) is 0 Å². The van der Waals surface area contributed by atoms with Crippen LogP contribution >= 0.6 is 0 Å². The third-order valence-electron chi connectivity index (χ3n) is 3.93. The first-order valence-electron chi connectivity index (χ1n) is 8.19. The summed E-state index contributed by atoms with van der Waals surface area (Å²) < 4.78 is 53.5. The highest BCUT2D eigenvalue weighted by atomic mass is 19.4. The number of anilines is 2. The molecule has 1 atom stereocenters. The van der Waals surface area contributed by atoms with Gasteiger partial charge in [-0.3, -0.25) is 4.79 Å². The molecule has 1 fully saturated rings. The lowest BCUT2D eigenvalue weighted by Gasteiger charge is -2.17. The fraction of sp³-hybridized carbons (Fsp3) is 0.222. The lowest BCUT2D eigenvalue weighted by molar-refractivity contribution is -0.274. The van der Waals surface area contributed by atoms with Gasteiger partial charge < -0.3 is 20.3 Å². The maximum atomic E-state index is 13.3. The molecule has 28 heavy (non-hydrogen) atoms. The molecule has 0 spiro atoms. The Morgan fingerprint density at radius 2 is 1.86 bits per heavy atom. The fourth-order valence-electron chi connectivity index (χ4n) is 2.79. The normalized spacial score (nSPS) is 16.8. The van der Waals surface area contributed by atoms with Crippen molar-refractivity contribution in [2.24, 2.45) is 0 Å². The van der Waals surface area contributed by atoms with Crippen molar-refractivity contribution in [3.8, 4) is 5.75 Å². The zero-order valence-electron chi connectivity index (χ0n) is 14.3. The molecule has 0 unspecified atom stereocenters. The summed E-state index contributed by atoms with van der Waals surface area (Å²) in [6.07, 6.45) is -4.75. The zero-order chi connectivity index (χ0) is 20.3. The minimum absolute atomic E-state index is 0.0439. The third kappa shape index (κ3) is 5.12. The molecule has 2 N–H and O–H groups in total. The summed E-state index contributed by atoms with van der Waals surface area (Å²) in [6, 6.07) is 9.07. The van der Waals surface area contributed by atoms with Gasteiger partial charge >= 0.3 is 12.4 Å². The van der Waals surface area contributed by atoms with E-state index in [1.807, 2.05) is 0 Å². The number of nitrogens with zero attached hydrogens (tertiary/aromatic N) is 1. The summed E-state index contributed by atoms with van der Waals surface area (Å²) in [5.74, 6) is -1.15. The topological polar surface area (TPSA) is 70.7 Å². The van der Waals surface area contributed by atoms with Crippen LogP contribution in [0.4, 0.5) is 33.7 Å². The van der Waals surface area contributed by atoms with E-state index in [4.69, 9.17) is 0 Å². The minimum Gasteiger partial charge on any atom is -0.406 e. The third-order valence-corrected chi connectivity index (χ3v) is 3.93. The largest absolute Gasteiger partial charge is 0.573 e. The lowest BCUT2D eigenvalue weighted by atomic mass is 10.2. The van der Waals surface area contributed by atoms with Crippen LogP contribution in [0.1, 0.15) is 6.42 Å². The zero-order valence-corrected chi connectivity index (χ0v) is 14.3. The van der Waals surface area contributed by atoms with Crippen LogP contribution in [0.2, 0.25) is 0 Å². The Morgan fingerprint density at radius 1 is 1.14 bits per heavy atom. The molecule has 6 nitrogen and oxygen atoms in total. The summed E-state index contributed by atoms with van der Waals surface area (Å²) in [5.41, 5.74) is 0.647. The summed E-state index contributed by atoms with van der Waals surface area (Å²) in [7, 11) is 0. The van der Waals surface area contributed by atoms with Crippen LogP contribution in [-0.2, 0) is 4.79 Å². The number of nitrogens with one attached hydrogen (secondary N) is 2. The molecule has 2 aromatic rings. The quantitative estimate of drug-likeness (QED) is 0.774. The molecule has 2 aromatic carbocycles. The Bertz CT molecular complexity index is 871. The van der Waals surface area contributed by atoms with E-state index >= 15 is 0 Å². The Labute approximate surface area is 157 Å². The minimum atomic E-state index is -4.80. The molecule has 1 saturated heterocycles. The number of carbonyl (C=O) groups excluding carboxylic acids is 2. The maximum absolute atomic E-state index is 13.3. The van der Waals surface area contributed by atoms with Crippen LogP contribution in [0.25, 0.3) is 0 Å². The van der Waals surface area contributed by atoms with E-state index in [9.17, 15) is 27.2 Å². The van der Waals surface area contributed by atoms with Gasteiger partial charge in [-0.1, -0.05) is 6.07 Å². The van der Waals surface area contributed by atoms with E-state index in [1.165, 1.54) is 35.2 Å². The van der Waals surface area contributed by atoms with Crippen LogP contribution in [0.5, 0.6) is 5.75 Å². The lowest BCUT2D eigenvalue weighted by Crippen LogP contribution is -2.39. The standard InChI is InChI=1S/C18H15F4N3O3/c19-11-2-1-3-14(8-11)25-10-13(9-16(25)26)24-17(27)23-12-4-6-15(7-5-12)28-18(20,21)22/h1-8,13H,9-10H2,(H2,23,24,27)/t13-/m1/s1. The summed E-state index contributed by atoms with van der Waals surface area (Å²) in [4.78, 5) is 25.5. The van der Waals surface area contributed by atoms with Crippen LogP contribution in [0.3, 0.4) is 0 Å². The summed E-state index contributed by atoms with van der Waals surface area (Å²) >= 11 is 0. The smallest absolute Gasteiger partial charge is 0.406 e. The summed E-state index contributed by atoms with van der Waals surface area (Å²) in [5, 5.41) is 5.07. The molecular formula is C18H15F4N3O3. The number of carbonyl (C=O) groups is 2. The van der Waals surface area contributed by atoms with Crippen LogP contribution in [0.15, 0.2) is 48.5 Å². The Balaban J connectivity index is 1.54. The van der Waals surface area contributed by atoms with Gasteiger partial charge in [-0.05, 0) is 42.5 Å². The number of rotatable bonds is 4. The van der Waals surface area contributed by atoms with Crippen molar-refractivity contribution in [3.05, 3.63) is 54.3 Å². The van der Waals surface area contributed by atoms with Gasteiger partial charge in [0.25, 0.3) is 0 Å². The number of hydrogen-bond acceptors (Lipinski definition) is 3. The number of alkyl halides is 3. The predicted molar refractivity (Wildman–Crippen MR) is 92.4 cm³/mol. The van der Waals surface area contributed by atoms with Crippen molar-refractivity contribution in [3.63, 3.8) is 0 Å². The highest BCUT2D eigenvalue weighted by molar-refractivity contribution is 5.97. The van der Waals surface area contributed by atoms with Gasteiger partial charge in [0.05, 0.1) is 6.04 Å². The Kier molecular flexibility index (Phi) is 5.39. The van der Waals surface area contributed by atoms with Crippen molar-refractivity contribution in [2.75, 3.05) is 16.8 Å². The highest BCUT2D eigenvalue weighted by Gasteiger charge is 2.32. The van der Waals surface area contributed by atoms with E-state index in [2.05, 4.69) is 15.4 Å². The first kappa shape index (κ1) is 19.5. The number of halogens is 4. The van der Waals surface area contributed by atoms with E-state index in [0.29, 0.717) is 5.69 Å². The molecule has 1 aliphatic rings. The number of benzene rings is 2. The molecule has 3 rings (SSSR count). The molecule has 0 radical (unpaired) electrons. The first-order chi connectivity index (χ1) is 13.2. The average molecular weight is 397 g/mol. The molecule has 0 bridgehead atoms. The molecule has 1 aliphatic heterocycles. The SMILES string of the molecule is O=C(Nc1ccc(OC(F)(F)F)cc1)N[C@@H]1CC(=O)N(c2cccc(F)c2)C1. The van der Waals surface area contributed by atoms with Crippen molar-refractivity contribution in [1.82, 2.24) is 5.32 Å². The molecule has 148 valence electrons. The van der Waals surface area contributed by atoms with Crippen molar-refractivity contribution >= 4 is 23.3 Å². The van der Waals surface area contributed by atoms with E-state index < -0.39 is 30.0 Å². The maximum Gasteiger partial charge on any atom is 0.573 e. The predicted octanol–water partition coefficient (Wildman–Crippen LogP) is 3.65. The summed E-state index contributed by atoms with van der Waals surface area (Å²) in [6.45, 7) is 0.175. The second kappa shape index (κ2) is 7.75. The number of amides is 3. The average Bonchev–Trinajstić information content (AvgIpc) is 2.95. The molecule has 10 heteroatoms. The Morgan fingerprint density at radius 3 is 2.50 bits per heavy atom. The monoisotopic (exact) mass is 397 g/mol. The second-order valence-corrected chi connectivity index (χ2v) is 6.06. The van der Waals surface area contributed by atoms with Gasteiger partial charge in [-0.2, -0.15) is 0 Å². The van der Waals surface area contributed by atoms with Gasteiger partial charge in [-0.25, -0.2) is 9.18 Å². The Hall–Kier alpha value is -3.30. The van der Waals surface area contributed by atoms with Gasteiger partial charge in [0.1, 0.15) is 11.6 Å². The molecule has 3 amide bonds. The van der Waals surface area contributed by atoms with Crippen molar-refractivity contribution < 1.29 is 31.9 Å². The van der Waals surface area contributed by atoms with Gasteiger partial charge in [0, 0.05) is 24.3 Å². The van der Waals surface area contributed by atoms with Gasteiger partial charge in [-0.15, -0.1) is 13.2 Å². The van der Waals surface area contributed by atoms with E-state index in [1.54, 1.807) is 6.07 Å². The highest BCUT2D eigenvalue weighted by Crippen LogP contribution is 2.24. The molecule has 0 aromatic heterocycles. The van der Waals surface area contributed by atoms with Gasteiger partial charge in [0.2, 0.25) is 5.91 Å². The fourth-order valence-corrected chi connectivity index (χ4v) is 2.79. The first-order valence-corrected chi connectivity index (χ1v) is 8.19. The van der Waals surface area contributed by atoms with Crippen LogP contribution in [-0.4, -0.2) is 30.9 Å². The molecule has 1 heterocycles. The van der Waals surface area contributed by atoms with E-state index in [-0.39, 0.29) is 24.6 Å². The molecular weight excluding hydrogens is 382 g/mol. The van der Waals surface area contributed by atoms with Crippen LogP contribution in [0, 0.1) is 5.82 Å². The second-order valence-electron chi connectivity index (χ2n) is 6.06. The number of hydrogen-bond donors (Lipinski definition) is 2.